The summed E-state index contributed by atoms with van der Waals surface area (Å²) in [5.74, 6) is 0. The fraction of sp³-hybridized carbons (Fsp3) is 0.200. The van der Waals surface area contributed by atoms with E-state index in [9.17, 15) is 0 Å². The van der Waals surface area contributed by atoms with E-state index in [0.717, 1.165) is 12.1 Å². The van der Waals surface area contributed by atoms with Crippen molar-refractivity contribution in [3.8, 4) is 11.1 Å². The standard InChI is InChI=1S/C30H31N/c1-4-5-6-25-11-13-26(14-12-25)27-15-21-30(22-16-27)31(28-17-7-23(2)8-18-28)29-19-9-24(3)10-20-29/h7-22H,4-6H2,1-3H3. The van der Waals surface area contributed by atoms with Crippen LogP contribution >= 0.6 is 0 Å². The lowest BCUT2D eigenvalue weighted by atomic mass is 10.0. The predicted molar refractivity (Wildman–Crippen MR) is 135 cm³/mol. The SMILES string of the molecule is CCCCc1ccc(-c2ccc(N(c3ccc(C)cc3)c3ccc(C)cc3)cc2)cc1. The van der Waals surface area contributed by atoms with E-state index in [1.807, 2.05) is 0 Å². The minimum absolute atomic E-state index is 1.16. The van der Waals surface area contributed by atoms with Crippen molar-refractivity contribution in [1.29, 1.82) is 0 Å². The summed E-state index contributed by atoms with van der Waals surface area (Å²) >= 11 is 0. The molecular weight excluding hydrogens is 374 g/mol. The largest absolute Gasteiger partial charge is 0.311 e. The lowest BCUT2D eigenvalue weighted by Crippen LogP contribution is -2.09. The average Bonchev–Trinajstić information content (AvgIpc) is 2.81. The molecule has 0 spiro atoms. The Kier molecular flexibility index (Phi) is 6.52. The molecule has 0 fully saturated rings. The van der Waals surface area contributed by atoms with Crippen LogP contribution < -0.4 is 4.90 Å². The molecule has 0 amide bonds. The van der Waals surface area contributed by atoms with Gasteiger partial charge in [-0.2, -0.15) is 0 Å². The number of anilines is 3. The van der Waals surface area contributed by atoms with Crippen LogP contribution in [0, 0.1) is 13.8 Å². The number of unbranched alkanes of at least 4 members (excludes halogenated alkanes) is 1. The molecule has 4 rings (SSSR count). The van der Waals surface area contributed by atoms with Crippen LogP contribution in [0.15, 0.2) is 97.1 Å². The topological polar surface area (TPSA) is 3.24 Å². The normalized spacial score (nSPS) is 10.8. The van der Waals surface area contributed by atoms with E-state index in [4.69, 9.17) is 0 Å². The highest BCUT2D eigenvalue weighted by Crippen LogP contribution is 2.35. The smallest absolute Gasteiger partial charge is 0.0462 e. The number of aryl methyl sites for hydroxylation is 3. The maximum Gasteiger partial charge on any atom is 0.0462 e. The van der Waals surface area contributed by atoms with Gasteiger partial charge in [-0.1, -0.05) is 85.1 Å². The Morgan fingerprint density at radius 2 is 0.903 bits per heavy atom. The van der Waals surface area contributed by atoms with Crippen molar-refractivity contribution in [1.82, 2.24) is 0 Å². The molecule has 0 unspecified atom stereocenters. The fourth-order valence-electron chi connectivity index (χ4n) is 3.88. The van der Waals surface area contributed by atoms with Crippen LogP contribution in [0.4, 0.5) is 17.1 Å². The highest BCUT2D eigenvalue weighted by atomic mass is 15.1. The molecule has 1 nitrogen and oxygen atoms in total. The lowest BCUT2D eigenvalue weighted by Gasteiger charge is -2.26. The van der Waals surface area contributed by atoms with E-state index >= 15 is 0 Å². The molecule has 4 aromatic carbocycles. The third-order valence-electron chi connectivity index (χ3n) is 5.82. The van der Waals surface area contributed by atoms with E-state index in [2.05, 4.69) is 123 Å². The van der Waals surface area contributed by atoms with Gasteiger partial charge in [-0.25, -0.2) is 0 Å². The van der Waals surface area contributed by atoms with Gasteiger partial charge in [0.05, 0.1) is 0 Å². The van der Waals surface area contributed by atoms with Gasteiger partial charge in [-0.3, -0.25) is 0 Å². The van der Waals surface area contributed by atoms with Crippen molar-refractivity contribution >= 4 is 17.1 Å². The molecule has 0 N–H and O–H groups in total. The molecule has 4 aromatic rings. The molecule has 31 heavy (non-hydrogen) atoms. The Morgan fingerprint density at radius 1 is 0.516 bits per heavy atom. The molecule has 1 heteroatoms. The first-order valence-corrected chi connectivity index (χ1v) is 11.3. The van der Waals surface area contributed by atoms with Crippen LogP contribution in [0.2, 0.25) is 0 Å². The Labute approximate surface area is 187 Å². The molecular formula is C30H31N. The summed E-state index contributed by atoms with van der Waals surface area (Å²) < 4.78 is 0. The highest BCUT2D eigenvalue weighted by molar-refractivity contribution is 5.78. The fourth-order valence-corrected chi connectivity index (χ4v) is 3.88. The first-order valence-electron chi connectivity index (χ1n) is 11.3. The molecule has 156 valence electrons. The van der Waals surface area contributed by atoms with E-state index in [-0.39, 0.29) is 0 Å². The Bertz CT molecular complexity index is 1040. The number of hydrogen-bond acceptors (Lipinski definition) is 1. The Morgan fingerprint density at radius 3 is 1.32 bits per heavy atom. The van der Waals surface area contributed by atoms with E-state index in [1.54, 1.807) is 0 Å². The Balaban J connectivity index is 1.64. The third kappa shape index (κ3) is 5.06. The summed E-state index contributed by atoms with van der Waals surface area (Å²) in [6, 6.07) is 35.4. The van der Waals surface area contributed by atoms with Crippen molar-refractivity contribution in [3.63, 3.8) is 0 Å². The summed E-state index contributed by atoms with van der Waals surface area (Å²) in [4.78, 5) is 2.32. The molecule has 0 atom stereocenters. The van der Waals surface area contributed by atoms with Crippen molar-refractivity contribution in [3.05, 3.63) is 114 Å². The Hall–Kier alpha value is -3.32. The zero-order valence-electron chi connectivity index (χ0n) is 18.8. The lowest BCUT2D eigenvalue weighted by molar-refractivity contribution is 0.795. The number of benzene rings is 4. The summed E-state index contributed by atoms with van der Waals surface area (Å²) in [5, 5.41) is 0. The van der Waals surface area contributed by atoms with Crippen molar-refractivity contribution in [2.75, 3.05) is 4.90 Å². The third-order valence-corrected chi connectivity index (χ3v) is 5.82. The first kappa shape index (κ1) is 20.9. The van der Waals surface area contributed by atoms with Crippen molar-refractivity contribution in [2.45, 2.75) is 40.0 Å². The zero-order valence-corrected chi connectivity index (χ0v) is 18.8. The molecule has 0 radical (unpaired) electrons. The van der Waals surface area contributed by atoms with Gasteiger partial charge in [0.15, 0.2) is 0 Å². The van der Waals surface area contributed by atoms with Gasteiger partial charge in [-0.05, 0) is 79.8 Å². The first-order chi connectivity index (χ1) is 15.1. The van der Waals surface area contributed by atoms with Gasteiger partial charge in [0, 0.05) is 17.1 Å². The number of nitrogens with zero attached hydrogens (tertiary/aromatic N) is 1. The summed E-state index contributed by atoms with van der Waals surface area (Å²) in [7, 11) is 0. The van der Waals surface area contributed by atoms with Gasteiger partial charge < -0.3 is 4.90 Å². The predicted octanol–water partition coefficient (Wildman–Crippen LogP) is 8.78. The molecule has 0 aliphatic rings. The average molecular weight is 406 g/mol. The molecule has 0 bridgehead atoms. The highest BCUT2D eigenvalue weighted by Gasteiger charge is 2.12. The maximum atomic E-state index is 2.32. The second-order valence-electron chi connectivity index (χ2n) is 8.35. The van der Waals surface area contributed by atoms with Crippen LogP contribution in [0.25, 0.3) is 11.1 Å². The number of rotatable bonds is 7. The van der Waals surface area contributed by atoms with Gasteiger partial charge in [0.2, 0.25) is 0 Å². The quantitative estimate of drug-likeness (QED) is 0.297. The molecule has 0 aliphatic carbocycles. The van der Waals surface area contributed by atoms with Crippen LogP contribution in [0.5, 0.6) is 0 Å². The van der Waals surface area contributed by atoms with Gasteiger partial charge in [-0.15, -0.1) is 0 Å². The molecule has 0 aliphatic heterocycles. The van der Waals surface area contributed by atoms with E-state index in [0.29, 0.717) is 0 Å². The van der Waals surface area contributed by atoms with Gasteiger partial charge in [0.1, 0.15) is 0 Å². The zero-order chi connectivity index (χ0) is 21.6. The van der Waals surface area contributed by atoms with Crippen LogP contribution in [-0.4, -0.2) is 0 Å². The number of hydrogen-bond donors (Lipinski definition) is 0. The summed E-state index contributed by atoms with van der Waals surface area (Å²) in [6.45, 7) is 6.50. The van der Waals surface area contributed by atoms with Gasteiger partial charge in [0.25, 0.3) is 0 Å². The molecule has 0 saturated heterocycles. The van der Waals surface area contributed by atoms with Crippen LogP contribution in [0.1, 0.15) is 36.5 Å². The summed E-state index contributed by atoms with van der Waals surface area (Å²) in [5.41, 5.74) is 9.98. The monoisotopic (exact) mass is 405 g/mol. The minimum atomic E-state index is 1.16. The van der Waals surface area contributed by atoms with Crippen molar-refractivity contribution in [2.24, 2.45) is 0 Å². The molecule has 0 saturated carbocycles. The van der Waals surface area contributed by atoms with Crippen LogP contribution in [0.3, 0.4) is 0 Å². The van der Waals surface area contributed by atoms with Crippen molar-refractivity contribution < 1.29 is 0 Å². The second kappa shape index (κ2) is 9.66. The maximum absolute atomic E-state index is 2.32. The second-order valence-corrected chi connectivity index (χ2v) is 8.35. The van der Waals surface area contributed by atoms with E-state index < -0.39 is 0 Å². The molecule has 0 heterocycles. The van der Waals surface area contributed by atoms with E-state index in [1.165, 1.54) is 52.0 Å². The molecule has 0 aromatic heterocycles. The van der Waals surface area contributed by atoms with Gasteiger partial charge >= 0.3 is 0 Å². The van der Waals surface area contributed by atoms with Crippen LogP contribution in [-0.2, 0) is 6.42 Å². The summed E-state index contributed by atoms with van der Waals surface area (Å²) in [6.07, 6.45) is 3.65. The minimum Gasteiger partial charge on any atom is -0.311 e.